The average Bonchev–Trinajstić information content (AvgIpc) is 3.28. The Morgan fingerprint density at radius 3 is 1.12 bits per heavy atom. The van der Waals surface area contributed by atoms with E-state index in [1.54, 1.807) is 6.08 Å². The third kappa shape index (κ3) is 51.1. The van der Waals surface area contributed by atoms with Crippen LogP contribution in [0.3, 0.4) is 0 Å². The number of aliphatic hydroxyl groups excluding tert-OH is 1. The second kappa shape index (κ2) is 49.2. The molecule has 3 N–H and O–H groups in total. The minimum atomic E-state index is -4.34. The normalized spacial score (nSPS) is 14.0. The lowest BCUT2D eigenvalue weighted by atomic mass is 10.0. The molecule has 0 aliphatic heterocycles. The van der Waals surface area contributed by atoms with E-state index in [-0.39, 0.29) is 19.1 Å². The quantitative estimate of drug-likeness (QED) is 0.0243. The minimum absolute atomic E-state index is 0.0652. The molecule has 66 heavy (non-hydrogen) atoms. The number of nitrogens with one attached hydrogen (secondary N) is 1. The van der Waals surface area contributed by atoms with Gasteiger partial charge in [0.15, 0.2) is 0 Å². The maximum atomic E-state index is 13.0. The summed E-state index contributed by atoms with van der Waals surface area (Å²) >= 11 is 0. The van der Waals surface area contributed by atoms with Gasteiger partial charge < -0.3 is 19.8 Å². The van der Waals surface area contributed by atoms with Gasteiger partial charge in [0.2, 0.25) is 5.91 Å². The molecule has 0 rings (SSSR count). The number of carbonyl (C=O) groups is 1. The maximum absolute atomic E-state index is 13.0. The molecule has 394 valence electrons. The number of quaternary nitrogens is 1. The van der Waals surface area contributed by atoms with E-state index in [0.717, 1.165) is 32.1 Å². The van der Waals surface area contributed by atoms with Gasteiger partial charge in [0.1, 0.15) is 13.2 Å². The molecule has 3 unspecified atom stereocenters. The monoisotopic (exact) mass is 956 g/mol. The highest BCUT2D eigenvalue weighted by atomic mass is 31.2. The van der Waals surface area contributed by atoms with Gasteiger partial charge in [0.05, 0.1) is 39.9 Å². The number of allylic oxidation sites excluding steroid dienone is 1. The van der Waals surface area contributed by atoms with Crippen LogP contribution in [0.2, 0.25) is 0 Å². The summed E-state index contributed by atoms with van der Waals surface area (Å²) in [6.07, 6.45) is 60.2. The molecule has 0 saturated heterocycles. The first-order valence-electron chi connectivity index (χ1n) is 29.1. The molecule has 1 amide bonds. The molecule has 9 heteroatoms. The Bertz CT molecular complexity index is 1080. The van der Waals surface area contributed by atoms with Crippen molar-refractivity contribution in [3.05, 3.63) is 12.2 Å². The zero-order chi connectivity index (χ0) is 48.5. The van der Waals surface area contributed by atoms with E-state index in [9.17, 15) is 19.4 Å². The Morgan fingerprint density at radius 2 is 0.803 bits per heavy atom. The molecule has 8 nitrogen and oxygen atoms in total. The van der Waals surface area contributed by atoms with Gasteiger partial charge in [-0.25, -0.2) is 4.57 Å². The third-order valence-corrected chi connectivity index (χ3v) is 14.5. The molecule has 0 fully saturated rings. The van der Waals surface area contributed by atoms with Crippen LogP contribution in [-0.2, 0) is 18.4 Å². The summed E-state index contributed by atoms with van der Waals surface area (Å²) in [6, 6.07) is -0.842. The van der Waals surface area contributed by atoms with Gasteiger partial charge in [0, 0.05) is 6.42 Å². The molecule has 0 saturated carbocycles. The van der Waals surface area contributed by atoms with Crippen molar-refractivity contribution in [2.24, 2.45) is 0 Å². The van der Waals surface area contributed by atoms with Crippen molar-refractivity contribution in [3.63, 3.8) is 0 Å². The SMILES string of the molecule is CCCCCCCCCCCCCCCCCCCCCCCCC/C=C/C(O)C(COP(=O)(O)OCC[N+](C)(C)C)NC(=O)CCCCCCCCCCCCCCCCCCCCC. The Morgan fingerprint density at radius 1 is 0.500 bits per heavy atom. The smallest absolute Gasteiger partial charge is 0.387 e. The van der Waals surface area contributed by atoms with E-state index < -0.39 is 20.0 Å². The van der Waals surface area contributed by atoms with Crippen molar-refractivity contribution in [3.8, 4) is 0 Å². The van der Waals surface area contributed by atoms with E-state index >= 15 is 0 Å². The highest BCUT2D eigenvalue weighted by molar-refractivity contribution is 7.47. The zero-order valence-electron chi connectivity index (χ0n) is 45.0. The van der Waals surface area contributed by atoms with Crippen LogP contribution in [0.5, 0.6) is 0 Å². The molecule has 0 spiro atoms. The van der Waals surface area contributed by atoms with E-state index in [1.807, 2.05) is 27.2 Å². The van der Waals surface area contributed by atoms with E-state index in [0.29, 0.717) is 17.4 Å². The molecule has 3 atom stereocenters. The van der Waals surface area contributed by atoms with Crippen LogP contribution in [0.1, 0.15) is 296 Å². The Hall–Kier alpha value is -0.760. The Kier molecular flexibility index (Phi) is 48.7. The number of phosphoric acid groups is 1. The number of phosphoric ester groups is 1. The molecule has 0 aliphatic carbocycles. The van der Waals surface area contributed by atoms with E-state index in [2.05, 4.69) is 19.2 Å². The van der Waals surface area contributed by atoms with Crippen molar-refractivity contribution in [2.75, 3.05) is 40.9 Å². The van der Waals surface area contributed by atoms with Crippen LogP contribution in [0.25, 0.3) is 0 Å². The minimum Gasteiger partial charge on any atom is -0.387 e. The zero-order valence-corrected chi connectivity index (χ0v) is 45.9. The van der Waals surface area contributed by atoms with Crippen molar-refractivity contribution in [1.29, 1.82) is 0 Å². The second-order valence-electron chi connectivity index (χ2n) is 21.4. The summed E-state index contributed by atoms with van der Waals surface area (Å²) in [5, 5.41) is 13.9. The average molecular weight is 957 g/mol. The fraction of sp³-hybridized carbons (Fsp3) is 0.947. The van der Waals surface area contributed by atoms with Gasteiger partial charge in [-0.15, -0.1) is 0 Å². The molecular weight excluding hydrogens is 840 g/mol. The highest BCUT2D eigenvalue weighted by Crippen LogP contribution is 2.43. The number of aliphatic hydroxyl groups is 1. The molecule has 0 heterocycles. The lowest BCUT2D eigenvalue weighted by Gasteiger charge is -2.25. The molecule has 0 radical (unpaired) electrons. The second-order valence-corrected chi connectivity index (χ2v) is 22.8. The molecule has 0 bridgehead atoms. The van der Waals surface area contributed by atoms with Crippen molar-refractivity contribution in [2.45, 2.75) is 309 Å². The molecule has 0 aliphatic rings. The van der Waals surface area contributed by atoms with Gasteiger partial charge in [-0.05, 0) is 19.3 Å². The topological polar surface area (TPSA) is 105 Å². The summed E-state index contributed by atoms with van der Waals surface area (Å²) in [7, 11) is 1.59. The summed E-state index contributed by atoms with van der Waals surface area (Å²) in [6.45, 7) is 4.87. The van der Waals surface area contributed by atoms with Crippen LogP contribution < -0.4 is 5.32 Å². The fourth-order valence-electron chi connectivity index (χ4n) is 8.93. The van der Waals surface area contributed by atoms with Gasteiger partial charge in [0.25, 0.3) is 0 Å². The molecule has 0 aromatic carbocycles. The standard InChI is InChI=1S/C57H115N2O6P/c1-6-8-10-12-14-16-18-20-22-24-26-27-28-29-30-31-33-34-36-38-40-42-44-46-48-50-56(60)55(54-65-66(62,63)64-53-52-59(3,4)5)58-57(61)51-49-47-45-43-41-39-37-35-32-25-23-21-19-17-15-13-11-9-7-2/h48,50,55-56,60H,6-47,49,51-54H2,1-5H3,(H-,58,61,62,63)/p+1/b50-48+. The predicted octanol–water partition coefficient (Wildman–Crippen LogP) is 17.4. The number of hydrogen-bond donors (Lipinski definition) is 3. The van der Waals surface area contributed by atoms with Gasteiger partial charge >= 0.3 is 7.82 Å². The van der Waals surface area contributed by atoms with Crippen molar-refractivity contribution >= 4 is 13.7 Å². The first-order chi connectivity index (χ1) is 32.0. The van der Waals surface area contributed by atoms with Crippen molar-refractivity contribution < 1.29 is 32.9 Å². The lowest BCUT2D eigenvalue weighted by Crippen LogP contribution is -2.45. The highest BCUT2D eigenvalue weighted by Gasteiger charge is 2.27. The number of amides is 1. The van der Waals surface area contributed by atoms with Gasteiger partial charge in [-0.3, -0.25) is 13.8 Å². The summed E-state index contributed by atoms with van der Waals surface area (Å²) in [4.78, 5) is 23.3. The summed E-state index contributed by atoms with van der Waals surface area (Å²) < 4.78 is 23.7. The number of nitrogens with zero attached hydrogens (tertiary/aromatic N) is 1. The Labute approximate surface area is 412 Å². The van der Waals surface area contributed by atoms with Gasteiger partial charge in [-0.2, -0.15) is 0 Å². The number of rotatable bonds is 54. The van der Waals surface area contributed by atoms with Crippen LogP contribution >= 0.6 is 7.82 Å². The molecule has 0 aromatic rings. The summed E-state index contributed by atoms with van der Waals surface area (Å²) in [5.41, 5.74) is 0. The number of unbranched alkanes of at least 4 members (excludes halogenated alkanes) is 41. The summed E-state index contributed by atoms with van der Waals surface area (Å²) in [5.74, 6) is -0.170. The Balaban J connectivity index is 4.17. The van der Waals surface area contributed by atoms with Gasteiger partial charge in [-0.1, -0.05) is 283 Å². The van der Waals surface area contributed by atoms with Crippen LogP contribution in [-0.4, -0.2) is 73.4 Å². The number of likely N-dealkylation sites (N-methyl/N-ethyl adjacent to an activating group) is 1. The van der Waals surface area contributed by atoms with Crippen LogP contribution in [0.15, 0.2) is 12.2 Å². The predicted molar refractivity (Wildman–Crippen MR) is 286 cm³/mol. The number of hydrogen-bond acceptors (Lipinski definition) is 5. The fourth-order valence-corrected chi connectivity index (χ4v) is 9.66. The third-order valence-electron chi connectivity index (χ3n) is 13.5. The maximum Gasteiger partial charge on any atom is 0.472 e. The number of carbonyl (C=O) groups excluding carboxylic acids is 1. The first-order valence-corrected chi connectivity index (χ1v) is 30.6. The largest absolute Gasteiger partial charge is 0.472 e. The molecular formula is C57H116N2O6P+. The van der Waals surface area contributed by atoms with Crippen LogP contribution in [0.4, 0.5) is 0 Å². The van der Waals surface area contributed by atoms with Crippen molar-refractivity contribution in [1.82, 2.24) is 5.32 Å². The van der Waals surface area contributed by atoms with E-state index in [1.165, 1.54) is 244 Å². The van der Waals surface area contributed by atoms with Crippen LogP contribution in [0, 0.1) is 0 Å². The van der Waals surface area contributed by atoms with E-state index in [4.69, 9.17) is 9.05 Å². The lowest BCUT2D eigenvalue weighted by molar-refractivity contribution is -0.870. The first kappa shape index (κ1) is 65.2. The molecule has 0 aromatic heterocycles.